The highest BCUT2D eigenvalue weighted by Gasteiger charge is 2.27. The van der Waals surface area contributed by atoms with Crippen molar-refractivity contribution < 1.29 is 18.7 Å². The summed E-state index contributed by atoms with van der Waals surface area (Å²) in [5, 5.41) is 12.5. The van der Waals surface area contributed by atoms with Gasteiger partial charge in [-0.05, 0) is 35.0 Å². The molecular weight excluding hydrogens is 358 g/mol. The molecule has 7 heteroatoms. The zero-order valence-electron chi connectivity index (χ0n) is 14.7. The average molecular weight is 373 g/mol. The number of hydrogen-bond donors (Lipinski definition) is 1. The van der Waals surface area contributed by atoms with E-state index in [1.807, 2.05) is 54.6 Å². The molecule has 0 aliphatic carbocycles. The van der Waals surface area contributed by atoms with Gasteiger partial charge in [0.1, 0.15) is 6.61 Å². The van der Waals surface area contributed by atoms with Crippen molar-refractivity contribution in [2.24, 2.45) is 0 Å². The summed E-state index contributed by atoms with van der Waals surface area (Å²) in [5.74, 6) is 1.19. The second-order valence-electron chi connectivity index (χ2n) is 6.33. The van der Waals surface area contributed by atoms with Crippen LogP contribution in [0.4, 0.5) is 6.01 Å². The normalized spacial score (nSPS) is 15.4. The number of carbonyl (C=O) groups is 1. The van der Waals surface area contributed by atoms with Crippen molar-refractivity contribution in [3.63, 3.8) is 0 Å². The molecule has 7 nitrogen and oxygen atoms in total. The zero-order chi connectivity index (χ0) is 18.9. The van der Waals surface area contributed by atoms with E-state index in [2.05, 4.69) is 15.5 Å². The Labute approximate surface area is 159 Å². The fourth-order valence-corrected chi connectivity index (χ4v) is 3.06. The summed E-state index contributed by atoms with van der Waals surface area (Å²) in [6.07, 6.45) is -0.534. The number of aromatic nitrogens is 2. The third-order valence-corrected chi connectivity index (χ3v) is 4.46. The second-order valence-corrected chi connectivity index (χ2v) is 6.33. The lowest BCUT2D eigenvalue weighted by Crippen LogP contribution is -2.21. The third kappa shape index (κ3) is 3.03. The summed E-state index contributed by atoms with van der Waals surface area (Å²) in [6, 6.07) is 20.7. The van der Waals surface area contributed by atoms with Crippen LogP contribution in [0, 0.1) is 0 Å². The topological polar surface area (TPSA) is 86.5 Å². The van der Waals surface area contributed by atoms with E-state index < -0.39 is 6.10 Å². The van der Waals surface area contributed by atoms with Crippen LogP contribution in [0.1, 0.15) is 22.4 Å². The van der Waals surface area contributed by atoms with Crippen LogP contribution in [0.5, 0.6) is 11.5 Å². The zero-order valence-corrected chi connectivity index (χ0v) is 14.7. The monoisotopic (exact) mass is 373 g/mol. The number of anilines is 1. The number of amides is 1. The maximum atomic E-state index is 12.5. The molecule has 1 atom stereocenters. The predicted molar refractivity (Wildman–Crippen MR) is 102 cm³/mol. The lowest BCUT2D eigenvalue weighted by Gasteiger charge is -2.23. The number of fused-ring (bicyclic) bond motifs is 2. The highest BCUT2D eigenvalue weighted by Crippen LogP contribution is 2.35. The summed E-state index contributed by atoms with van der Waals surface area (Å²) in [5.41, 5.74) is 0.504. The molecule has 138 valence electrons. The minimum Gasteiger partial charge on any atom is -0.485 e. The van der Waals surface area contributed by atoms with Gasteiger partial charge in [0.05, 0.1) is 0 Å². The van der Waals surface area contributed by atoms with Crippen molar-refractivity contribution in [2.75, 3.05) is 11.9 Å². The van der Waals surface area contributed by atoms with Gasteiger partial charge in [-0.1, -0.05) is 47.6 Å². The number of para-hydroxylation sites is 2. The van der Waals surface area contributed by atoms with E-state index in [1.54, 1.807) is 12.1 Å². The number of ether oxygens (including phenoxy) is 2. The Morgan fingerprint density at radius 1 is 0.929 bits per heavy atom. The minimum atomic E-state index is -0.534. The van der Waals surface area contributed by atoms with Gasteiger partial charge >= 0.3 is 6.01 Å². The van der Waals surface area contributed by atoms with Gasteiger partial charge in [0.2, 0.25) is 6.10 Å². The molecule has 1 N–H and O–H groups in total. The molecular formula is C21H15N3O4. The minimum absolute atomic E-state index is 0.00983. The smallest absolute Gasteiger partial charge is 0.322 e. The van der Waals surface area contributed by atoms with Crippen molar-refractivity contribution in [3.05, 3.63) is 78.2 Å². The Balaban J connectivity index is 1.31. The lowest BCUT2D eigenvalue weighted by molar-refractivity contribution is 0.0716. The maximum Gasteiger partial charge on any atom is 0.322 e. The molecule has 4 aromatic rings. The molecule has 28 heavy (non-hydrogen) atoms. The number of rotatable bonds is 3. The van der Waals surface area contributed by atoms with Crippen LogP contribution in [-0.2, 0) is 0 Å². The largest absolute Gasteiger partial charge is 0.485 e. The van der Waals surface area contributed by atoms with Gasteiger partial charge in [-0.3, -0.25) is 10.1 Å². The highest BCUT2D eigenvalue weighted by molar-refractivity contribution is 6.05. The van der Waals surface area contributed by atoms with Crippen LogP contribution in [-0.4, -0.2) is 22.7 Å². The maximum absolute atomic E-state index is 12.5. The second kappa shape index (κ2) is 6.70. The molecule has 0 saturated heterocycles. The first kappa shape index (κ1) is 16.3. The number of carbonyl (C=O) groups excluding carboxylic acids is 1. The Hall–Kier alpha value is -3.87. The summed E-state index contributed by atoms with van der Waals surface area (Å²) in [7, 11) is 0. The third-order valence-electron chi connectivity index (χ3n) is 4.46. The Kier molecular flexibility index (Phi) is 3.90. The number of hydrogen-bond acceptors (Lipinski definition) is 6. The van der Waals surface area contributed by atoms with E-state index in [0.29, 0.717) is 17.1 Å². The van der Waals surface area contributed by atoms with Gasteiger partial charge in [0.25, 0.3) is 11.8 Å². The van der Waals surface area contributed by atoms with Crippen LogP contribution in [0.2, 0.25) is 0 Å². The van der Waals surface area contributed by atoms with Crippen molar-refractivity contribution in [2.45, 2.75) is 6.10 Å². The summed E-state index contributed by atoms with van der Waals surface area (Å²) in [4.78, 5) is 12.5. The molecule has 1 unspecified atom stereocenters. The van der Waals surface area contributed by atoms with Gasteiger partial charge < -0.3 is 13.9 Å². The Morgan fingerprint density at radius 2 is 1.71 bits per heavy atom. The summed E-state index contributed by atoms with van der Waals surface area (Å²) < 4.78 is 17.0. The fourth-order valence-electron chi connectivity index (χ4n) is 3.06. The summed E-state index contributed by atoms with van der Waals surface area (Å²) >= 11 is 0. The van der Waals surface area contributed by atoms with Crippen LogP contribution < -0.4 is 14.8 Å². The molecule has 5 rings (SSSR count). The van der Waals surface area contributed by atoms with E-state index in [0.717, 1.165) is 10.8 Å². The van der Waals surface area contributed by atoms with Gasteiger partial charge in [-0.2, -0.15) is 0 Å². The van der Waals surface area contributed by atoms with Gasteiger partial charge in [-0.15, -0.1) is 5.10 Å². The van der Waals surface area contributed by atoms with Crippen molar-refractivity contribution in [3.8, 4) is 11.5 Å². The first-order valence-corrected chi connectivity index (χ1v) is 8.78. The van der Waals surface area contributed by atoms with Gasteiger partial charge in [0.15, 0.2) is 11.5 Å². The fraction of sp³-hybridized carbons (Fsp3) is 0.0952. The molecule has 0 saturated carbocycles. The molecule has 0 radical (unpaired) electrons. The van der Waals surface area contributed by atoms with Gasteiger partial charge in [-0.25, -0.2) is 0 Å². The van der Waals surface area contributed by atoms with Crippen LogP contribution in [0.15, 0.2) is 71.1 Å². The number of nitrogens with one attached hydrogen (secondary N) is 1. The molecule has 1 aliphatic heterocycles. The van der Waals surface area contributed by atoms with Crippen LogP contribution in [0.25, 0.3) is 10.8 Å². The van der Waals surface area contributed by atoms with Crippen molar-refractivity contribution in [1.29, 1.82) is 0 Å². The first-order chi connectivity index (χ1) is 13.8. The highest BCUT2D eigenvalue weighted by atomic mass is 16.6. The first-order valence-electron chi connectivity index (χ1n) is 8.78. The Bertz CT molecular complexity index is 1170. The number of nitrogens with zero attached hydrogens (tertiary/aromatic N) is 2. The molecule has 1 amide bonds. The molecule has 3 aromatic carbocycles. The SMILES string of the molecule is O=C(Nc1nnc(C2COc3ccccc3O2)o1)c1ccc2ccccc2c1. The van der Waals surface area contributed by atoms with Crippen molar-refractivity contribution >= 4 is 22.7 Å². The predicted octanol–water partition coefficient (Wildman–Crippen LogP) is 3.99. The van der Waals surface area contributed by atoms with Crippen molar-refractivity contribution in [1.82, 2.24) is 10.2 Å². The van der Waals surface area contributed by atoms with E-state index in [9.17, 15) is 4.79 Å². The molecule has 2 heterocycles. The lowest BCUT2D eigenvalue weighted by atomic mass is 10.1. The van der Waals surface area contributed by atoms with E-state index in [-0.39, 0.29) is 24.4 Å². The summed E-state index contributed by atoms with van der Waals surface area (Å²) in [6.45, 7) is 0.247. The number of benzene rings is 3. The van der Waals surface area contributed by atoms with Crippen LogP contribution >= 0.6 is 0 Å². The standard InChI is InChI=1S/C21H15N3O4/c25-19(15-10-9-13-5-1-2-6-14(13)11-15)22-21-24-23-20(28-21)18-12-26-16-7-3-4-8-17(16)27-18/h1-11,18H,12H2,(H,22,24,25). The molecule has 0 fully saturated rings. The van der Waals surface area contributed by atoms with Gasteiger partial charge in [0, 0.05) is 5.56 Å². The van der Waals surface area contributed by atoms with E-state index >= 15 is 0 Å². The molecule has 1 aromatic heterocycles. The average Bonchev–Trinajstić information content (AvgIpc) is 3.21. The molecule has 0 bridgehead atoms. The Morgan fingerprint density at radius 3 is 2.61 bits per heavy atom. The quantitative estimate of drug-likeness (QED) is 0.584. The van der Waals surface area contributed by atoms with E-state index in [1.165, 1.54) is 0 Å². The molecule has 1 aliphatic rings. The molecule has 0 spiro atoms. The van der Waals surface area contributed by atoms with Crippen LogP contribution in [0.3, 0.4) is 0 Å². The van der Waals surface area contributed by atoms with E-state index in [4.69, 9.17) is 13.9 Å².